The molecule has 4 rings (SSSR count). The van der Waals surface area contributed by atoms with E-state index in [0.717, 1.165) is 16.7 Å². The standard InChI is InChI=1S/C28H30BNO2/c1-27(2,3)24-19-30(20-25(29)32-24)26(31)28(21-13-7-4-8-14-21,22-15-9-5-10-16-22)23-17-11-6-12-18-23/h4-18,24-25H,19-20H2,1-3H3. The topological polar surface area (TPSA) is 29.5 Å². The highest BCUT2D eigenvalue weighted by molar-refractivity contribution is 6.11. The third-order valence-corrected chi connectivity index (χ3v) is 6.32. The van der Waals surface area contributed by atoms with Crippen molar-refractivity contribution in [3.8, 4) is 0 Å². The number of morpholine rings is 1. The highest BCUT2D eigenvalue weighted by Crippen LogP contribution is 2.42. The van der Waals surface area contributed by atoms with Gasteiger partial charge in [0.2, 0.25) is 5.91 Å². The van der Waals surface area contributed by atoms with Crippen LogP contribution in [0.5, 0.6) is 0 Å². The highest BCUT2D eigenvalue weighted by Gasteiger charge is 2.48. The minimum Gasteiger partial charge on any atom is -0.381 e. The number of benzene rings is 3. The third kappa shape index (κ3) is 4.12. The van der Waals surface area contributed by atoms with Gasteiger partial charge in [-0.15, -0.1) is 0 Å². The number of hydrogen-bond donors (Lipinski definition) is 0. The molecule has 0 spiro atoms. The maximum atomic E-state index is 14.7. The highest BCUT2D eigenvalue weighted by atomic mass is 16.5. The zero-order valence-corrected chi connectivity index (χ0v) is 19.1. The summed E-state index contributed by atoms with van der Waals surface area (Å²) in [4.78, 5) is 16.6. The molecule has 4 heteroatoms. The molecule has 0 bridgehead atoms. The zero-order valence-electron chi connectivity index (χ0n) is 19.1. The quantitative estimate of drug-likeness (QED) is 0.446. The largest absolute Gasteiger partial charge is 0.381 e. The molecular weight excluding hydrogens is 393 g/mol. The molecule has 0 aliphatic carbocycles. The second-order valence-electron chi connectivity index (χ2n) is 9.59. The van der Waals surface area contributed by atoms with E-state index in [2.05, 4.69) is 20.8 Å². The van der Waals surface area contributed by atoms with Crippen molar-refractivity contribution in [1.29, 1.82) is 0 Å². The summed E-state index contributed by atoms with van der Waals surface area (Å²) >= 11 is 0. The third-order valence-electron chi connectivity index (χ3n) is 6.32. The molecule has 3 aromatic carbocycles. The summed E-state index contributed by atoms with van der Waals surface area (Å²) in [5.41, 5.74) is 1.70. The summed E-state index contributed by atoms with van der Waals surface area (Å²) in [6.07, 6.45) is -0.143. The zero-order chi connectivity index (χ0) is 22.8. The molecule has 0 aromatic heterocycles. The van der Waals surface area contributed by atoms with Crippen molar-refractivity contribution < 1.29 is 9.53 Å². The van der Waals surface area contributed by atoms with Crippen LogP contribution in [0.4, 0.5) is 0 Å². The van der Waals surface area contributed by atoms with Crippen LogP contribution in [-0.2, 0) is 14.9 Å². The van der Waals surface area contributed by atoms with Gasteiger partial charge in [0.05, 0.1) is 6.10 Å². The van der Waals surface area contributed by atoms with Crippen LogP contribution in [0.3, 0.4) is 0 Å². The Labute approximate surface area is 192 Å². The molecule has 0 saturated carbocycles. The van der Waals surface area contributed by atoms with Crippen molar-refractivity contribution in [3.05, 3.63) is 108 Å². The summed E-state index contributed by atoms with van der Waals surface area (Å²) < 4.78 is 6.04. The molecule has 1 amide bonds. The molecule has 1 aliphatic heterocycles. The average molecular weight is 423 g/mol. The van der Waals surface area contributed by atoms with Gasteiger partial charge >= 0.3 is 0 Å². The van der Waals surface area contributed by atoms with Gasteiger partial charge in [-0.25, -0.2) is 0 Å². The van der Waals surface area contributed by atoms with Crippen LogP contribution in [0, 0.1) is 5.41 Å². The number of carbonyl (C=O) groups is 1. The lowest BCUT2D eigenvalue weighted by molar-refractivity contribution is -0.150. The number of nitrogens with zero attached hydrogens (tertiary/aromatic N) is 1. The Morgan fingerprint density at radius 2 is 1.19 bits per heavy atom. The van der Waals surface area contributed by atoms with E-state index in [1.165, 1.54) is 0 Å². The maximum Gasteiger partial charge on any atom is 0.242 e. The predicted octanol–water partition coefficient (Wildman–Crippen LogP) is 4.79. The van der Waals surface area contributed by atoms with Gasteiger partial charge in [-0.3, -0.25) is 4.79 Å². The van der Waals surface area contributed by atoms with Crippen LogP contribution < -0.4 is 0 Å². The second-order valence-corrected chi connectivity index (χ2v) is 9.59. The van der Waals surface area contributed by atoms with Crippen LogP contribution in [-0.4, -0.2) is 43.9 Å². The Bertz CT molecular complexity index is 935. The summed E-state index contributed by atoms with van der Waals surface area (Å²) in [5.74, 6) is 0.0223. The van der Waals surface area contributed by atoms with Gasteiger partial charge in [-0.1, -0.05) is 112 Å². The molecule has 1 heterocycles. The summed E-state index contributed by atoms with van der Waals surface area (Å²) in [6.45, 7) is 7.23. The molecule has 1 fully saturated rings. The SMILES string of the molecule is [B]C1CN(C(=O)C(c2ccccc2)(c2ccccc2)c2ccccc2)CC(C(C)(C)C)O1. The van der Waals surface area contributed by atoms with E-state index in [-0.39, 0.29) is 17.4 Å². The molecule has 1 saturated heterocycles. The number of carbonyl (C=O) groups excluding carboxylic acids is 1. The first kappa shape index (κ1) is 22.4. The Hall–Kier alpha value is -2.85. The van der Waals surface area contributed by atoms with Crippen LogP contribution in [0.1, 0.15) is 37.5 Å². The van der Waals surface area contributed by atoms with Gasteiger partial charge in [-0.2, -0.15) is 0 Å². The molecule has 2 atom stereocenters. The second kappa shape index (κ2) is 8.95. The van der Waals surface area contributed by atoms with Crippen LogP contribution in [0.25, 0.3) is 0 Å². The first-order valence-corrected chi connectivity index (χ1v) is 11.2. The lowest BCUT2D eigenvalue weighted by atomic mass is 9.68. The fourth-order valence-electron chi connectivity index (χ4n) is 4.60. The molecule has 3 nitrogen and oxygen atoms in total. The normalized spacial score (nSPS) is 19.5. The van der Waals surface area contributed by atoms with Gasteiger partial charge < -0.3 is 9.64 Å². The van der Waals surface area contributed by atoms with Crippen LogP contribution in [0.2, 0.25) is 0 Å². The Morgan fingerprint density at radius 3 is 1.56 bits per heavy atom. The summed E-state index contributed by atoms with van der Waals surface area (Å²) in [5, 5.41) is 0. The number of hydrogen-bond acceptors (Lipinski definition) is 2. The predicted molar refractivity (Wildman–Crippen MR) is 130 cm³/mol. The first-order chi connectivity index (χ1) is 15.3. The fraction of sp³-hybridized carbons (Fsp3) is 0.321. The van der Waals surface area contributed by atoms with E-state index >= 15 is 0 Å². The van der Waals surface area contributed by atoms with Crippen LogP contribution >= 0.6 is 0 Å². The van der Waals surface area contributed by atoms with Gasteiger partial charge in [0.1, 0.15) is 13.3 Å². The molecule has 32 heavy (non-hydrogen) atoms. The van der Waals surface area contributed by atoms with E-state index < -0.39 is 11.4 Å². The average Bonchev–Trinajstić information content (AvgIpc) is 2.81. The van der Waals surface area contributed by atoms with Crippen molar-refractivity contribution >= 4 is 13.8 Å². The Morgan fingerprint density at radius 1 is 0.781 bits per heavy atom. The smallest absolute Gasteiger partial charge is 0.242 e. The van der Waals surface area contributed by atoms with Crippen molar-refractivity contribution in [2.24, 2.45) is 5.41 Å². The van der Waals surface area contributed by atoms with Gasteiger partial charge in [0.15, 0.2) is 0 Å². The minimum atomic E-state index is -0.983. The van der Waals surface area contributed by atoms with E-state index in [9.17, 15) is 4.79 Å². The lowest BCUT2D eigenvalue weighted by Crippen LogP contribution is -2.58. The fourth-order valence-corrected chi connectivity index (χ4v) is 4.60. The van der Waals surface area contributed by atoms with Crippen molar-refractivity contribution in [3.63, 3.8) is 0 Å². The molecule has 2 unspecified atom stereocenters. The van der Waals surface area contributed by atoms with E-state index in [4.69, 9.17) is 12.6 Å². The Balaban J connectivity index is 1.92. The summed E-state index contributed by atoms with van der Waals surface area (Å²) in [7, 11) is 6.29. The van der Waals surface area contributed by atoms with Crippen molar-refractivity contribution in [2.75, 3.05) is 13.1 Å². The number of amides is 1. The van der Waals surface area contributed by atoms with Gasteiger partial charge in [-0.05, 0) is 22.1 Å². The summed E-state index contributed by atoms with van der Waals surface area (Å²) in [6, 6.07) is 29.6. The molecular formula is C28H30BNO2. The molecule has 3 aromatic rings. The molecule has 162 valence electrons. The van der Waals surface area contributed by atoms with Crippen molar-refractivity contribution in [1.82, 2.24) is 4.90 Å². The Kier molecular flexibility index (Phi) is 6.25. The van der Waals surface area contributed by atoms with Gasteiger partial charge in [0, 0.05) is 19.1 Å². The molecule has 2 radical (unpaired) electrons. The van der Waals surface area contributed by atoms with E-state index in [0.29, 0.717) is 13.1 Å². The lowest BCUT2D eigenvalue weighted by Gasteiger charge is -2.46. The first-order valence-electron chi connectivity index (χ1n) is 11.2. The maximum absolute atomic E-state index is 14.7. The number of rotatable bonds is 4. The van der Waals surface area contributed by atoms with E-state index in [1.807, 2.05) is 95.9 Å². The van der Waals surface area contributed by atoms with Crippen molar-refractivity contribution in [2.45, 2.75) is 38.3 Å². The number of ether oxygens (including phenoxy) is 1. The van der Waals surface area contributed by atoms with Gasteiger partial charge in [0.25, 0.3) is 0 Å². The molecule has 0 N–H and O–H groups in total. The molecule has 1 aliphatic rings. The van der Waals surface area contributed by atoms with Crippen LogP contribution in [0.15, 0.2) is 91.0 Å². The minimum absolute atomic E-state index is 0.0223. The van der Waals surface area contributed by atoms with E-state index in [1.54, 1.807) is 0 Å². The monoisotopic (exact) mass is 423 g/mol.